The van der Waals surface area contributed by atoms with E-state index in [0.29, 0.717) is 6.42 Å². The standard InChI is InChI=1S/C14H26O2S2/c1-3-7-12(4-2)16-14(15)9-6-5-8-13-10-11-17-18-13/h12-13H,3-11H2,1-2H3. The third-order valence-electron chi connectivity index (χ3n) is 3.25. The van der Waals surface area contributed by atoms with E-state index >= 15 is 0 Å². The van der Waals surface area contributed by atoms with Crippen LogP contribution in [0.3, 0.4) is 0 Å². The predicted molar refractivity (Wildman–Crippen MR) is 82.0 cm³/mol. The molecule has 0 spiro atoms. The highest BCUT2D eigenvalue weighted by Crippen LogP contribution is 2.39. The van der Waals surface area contributed by atoms with Crippen LogP contribution >= 0.6 is 21.6 Å². The average molecular weight is 290 g/mol. The van der Waals surface area contributed by atoms with E-state index in [4.69, 9.17) is 4.74 Å². The van der Waals surface area contributed by atoms with E-state index in [9.17, 15) is 4.79 Å². The second kappa shape index (κ2) is 10.0. The molecule has 0 N–H and O–H groups in total. The largest absolute Gasteiger partial charge is 0.462 e. The summed E-state index contributed by atoms with van der Waals surface area (Å²) >= 11 is 0. The molecule has 0 bridgehead atoms. The molecule has 1 aliphatic heterocycles. The first-order valence-corrected chi connectivity index (χ1v) is 9.62. The minimum Gasteiger partial charge on any atom is -0.462 e. The van der Waals surface area contributed by atoms with Crippen molar-refractivity contribution in [3.8, 4) is 0 Å². The number of ether oxygens (including phenoxy) is 1. The van der Waals surface area contributed by atoms with Crippen molar-refractivity contribution in [2.24, 2.45) is 0 Å². The number of unbranched alkanes of at least 4 members (excludes halogenated alkanes) is 1. The molecule has 1 aliphatic rings. The highest BCUT2D eigenvalue weighted by Gasteiger charge is 2.16. The van der Waals surface area contributed by atoms with Crippen LogP contribution in [0.25, 0.3) is 0 Å². The van der Waals surface area contributed by atoms with Gasteiger partial charge >= 0.3 is 5.97 Å². The summed E-state index contributed by atoms with van der Waals surface area (Å²) in [5.74, 6) is 1.30. The number of carbonyl (C=O) groups is 1. The van der Waals surface area contributed by atoms with Gasteiger partial charge in [0.25, 0.3) is 0 Å². The smallest absolute Gasteiger partial charge is 0.306 e. The summed E-state index contributed by atoms with van der Waals surface area (Å²) in [6.07, 6.45) is 8.52. The lowest BCUT2D eigenvalue weighted by atomic mass is 10.1. The maximum Gasteiger partial charge on any atom is 0.306 e. The molecule has 106 valence electrons. The van der Waals surface area contributed by atoms with Crippen LogP contribution in [0, 0.1) is 0 Å². The minimum absolute atomic E-state index is 0.00347. The molecule has 0 aromatic rings. The molecule has 0 radical (unpaired) electrons. The molecule has 0 saturated carbocycles. The third kappa shape index (κ3) is 6.93. The fraction of sp³-hybridized carbons (Fsp3) is 0.929. The second-order valence-corrected chi connectivity index (χ2v) is 7.67. The molecule has 0 aromatic carbocycles. The SMILES string of the molecule is CCCC(CC)OC(=O)CCCCC1CCSS1. The van der Waals surface area contributed by atoms with Gasteiger partial charge < -0.3 is 4.74 Å². The second-order valence-electron chi connectivity index (χ2n) is 4.88. The lowest BCUT2D eigenvalue weighted by molar-refractivity contribution is -0.149. The first-order chi connectivity index (χ1) is 8.76. The van der Waals surface area contributed by atoms with E-state index in [1.54, 1.807) is 0 Å². The van der Waals surface area contributed by atoms with Gasteiger partial charge in [0.15, 0.2) is 0 Å². The van der Waals surface area contributed by atoms with E-state index in [1.807, 2.05) is 21.6 Å². The zero-order valence-electron chi connectivity index (χ0n) is 11.7. The Morgan fingerprint density at radius 1 is 1.39 bits per heavy atom. The zero-order valence-corrected chi connectivity index (χ0v) is 13.3. The van der Waals surface area contributed by atoms with Crippen molar-refractivity contribution in [1.82, 2.24) is 0 Å². The van der Waals surface area contributed by atoms with Gasteiger partial charge in [-0.3, -0.25) is 4.79 Å². The van der Waals surface area contributed by atoms with Crippen LogP contribution in [-0.4, -0.2) is 23.1 Å². The van der Waals surface area contributed by atoms with Gasteiger partial charge in [-0.05, 0) is 32.1 Å². The van der Waals surface area contributed by atoms with Crippen molar-refractivity contribution < 1.29 is 9.53 Å². The molecule has 4 heteroatoms. The molecule has 0 aliphatic carbocycles. The van der Waals surface area contributed by atoms with Gasteiger partial charge in [-0.15, -0.1) is 0 Å². The third-order valence-corrected chi connectivity index (χ3v) is 6.26. The Morgan fingerprint density at radius 3 is 2.83 bits per heavy atom. The van der Waals surface area contributed by atoms with Gasteiger partial charge in [0.05, 0.1) is 0 Å². The molecule has 1 rings (SSSR count). The summed E-state index contributed by atoms with van der Waals surface area (Å²) < 4.78 is 5.46. The van der Waals surface area contributed by atoms with Crippen LogP contribution < -0.4 is 0 Å². The van der Waals surface area contributed by atoms with Gasteiger partial charge in [-0.2, -0.15) is 0 Å². The van der Waals surface area contributed by atoms with Crippen LogP contribution in [0.5, 0.6) is 0 Å². The highest BCUT2D eigenvalue weighted by atomic mass is 33.1. The van der Waals surface area contributed by atoms with Crippen LogP contribution in [0.4, 0.5) is 0 Å². The van der Waals surface area contributed by atoms with Crippen molar-refractivity contribution in [2.45, 2.75) is 76.6 Å². The van der Waals surface area contributed by atoms with Crippen molar-refractivity contribution in [3.63, 3.8) is 0 Å². The van der Waals surface area contributed by atoms with Crippen molar-refractivity contribution in [1.29, 1.82) is 0 Å². The van der Waals surface area contributed by atoms with E-state index < -0.39 is 0 Å². The Bertz CT molecular complexity index is 228. The summed E-state index contributed by atoms with van der Waals surface area (Å²) in [5.41, 5.74) is 0. The van der Waals surface area contributed by atoms with Gasteiger partial charge in [0.1, 0.15) is 6.10 Å². The first kappa shape index (κ1) is 16.2. The fourth-order valence-corrected chi connectivity index (χ4v) is 5.15. The van der Waals surface area contributed by atoms with Crippen LogP contribution in [0.2, 0.25) is 0 Å². The molecule has 2 unspecified atom stereocenters. The van der Waals surface area contributed by atoms with Crippen molar-refractivity contribution in [2.75, 3.05) is 5.75 Å². The van der Waals surface area contributed by atoms with E-state index in [2.05, 4.69) is 13.8 Å². The minimum atomic E-state index is 0.00347. The lowest BCUT2D eigenvalue weighted by Gasteiger charge is -2.15. The molecule has 18 heavy (non-hydrogen) atoms. The fourth-order valence-electron chi connectivity index (χ4n) is 2.12. The molecule has 2 atom stereocenters. The van der Waals surface area contributed by atoms with Crippen LogP contribution in [0.1, 0.15) is 65.2 Å². The molecular weight excluding hydrogens is 264 g/mol. The summed E-state index contributed by atoms with van der Waals surface area (Å²) in [7, 11) is 4.01. The highest BCUT2D eigenvalue weighted by molar-refractivity contribution is 8.77. The Balaban J connectivity index is 2.01. The number of carbonyl (C=O) groups excluding carboxylic acids is 1. The topological polar surface area (TPSA) is 26.3 Å². The van der Waals surface area contributed by atoms with Gasteiger partial charge in [0.2, 0.25) is 0 Å². The summed E-state index contributed by atoms with van der Waals surface area (Å²) in [6.45, 7) is 4.22. The van der Waals surface area contributed by atoms with Crippen molar-refractivity contribution >= 4 is 27.6 Å². The molecule has 1 saturated heterocycles. The predicted octanol–water partition coefficient (Wildman–Crippen LogP) is 4.82. The Labute approximate surface area is 119 Å². The van der Waals surface area contributed by atoms with Gasteiger partial charge in [0, 0.05) is 17.4 Å². The zero-order chi connectivity index (χ0) is 13.2. The number of hydrogen-bond acceptors (Lipinski definition) is 4. The average Bonchev–Trinajstić information content (AvgIpc) is 2.87. The van der Waals surface area contributed by atoms with Gasteiger partial charge in [-0.1, -0.05) is 48.3 Å². The Morgan fingerprint density at radius 2 is 2.22 bits per heavy atom. The molecule has 0 amide bonds. The Hall–Kier alpha value is 0.170. The quantitative estimate of drug-likeness (QED) is 0.345. The van der Waals surface area contributed by atoms with Crippen LogP contribution in [-0.2, 0) is 9.53 Å². The first-order valence-electron chi connectivity index (χ1n) is 7.24. The summed E-state index contributed by atoms with van der Waals surface area (Å²) in [6, 6.07) is 0. The Kier molecular flexibility index (Phi) is 9.03. The molecule has 1 fully saturated rings. The maximum absolute atomic E-state index is 11.7. The maximum atomic E-state index is 11.7. The molecule has 0 aromatic heterocycles. The lowest BCUT2D eigenvalue weighted by Crippen LogP contribution is -2.17. The number of rotatable bonds is 9. The molecule has 1 heterocycles. The molecular formula is C14H26O2S2. The number of hydrogen-bond donors (Lipinski definition) is 0. The van der Waals surface area contributed by atoms with E-state index in [-0.39, 0.29) is 12.1 Å². The number of esters is 1. The van der Waals surface area contributed by atoms with Crippen molar-refractivity contribution in [3.05, 3.63) is 0 Å². The summed E-state index contributed by atoms with van der Waals surface area (Å²) in [5, 5.41) is 0.828. The van der Waals surface area contributed by atoms with E-state index in [0.717, 1.165) is 37.4 Å². The van der Waals surface area contributed by atoms with Crippen LogP contribution in [0.15, 0.2) is 0 Å². The monoisotopic (exact) mass is 290 g/mol. The van der Waals surface area contributed by atoms with Gasteiger partial charge in [-0.25, -0.2) is 0 Å². The summed E-state index contributed by atoms with van der Waals surface area (Å²) in [4.78, 5) is 11.7. The normalized spacial score (nSPS) is 20.9. The van der Waals surface area contributed by atoms with E-state index in [1.165, 1.54) is 18.6 Å². The molecule has 2 nitrogen and oxygen atoms in total.